The highest BCUT2D eigenvalue weighted by Crippen LogP contribution is 2.12. The van der Waals surface area contributed by atoms with Gasteiger partial charge in [-0.05, 0) is 30.2 Å². The van der Waals surface area contributed by atoms with Gasteiger partial charge in [-0.15, -0.1) is 11.6 Å². The van der Waals surface area contributed by atoms with Crippen LogP contribution in [0.4, 0.5) is 0 Å². The normalized spacial score (nSPS) is 9.83. The molecule has 0 fully saturated rings. The van der Waals surface area contributed by atoms with Crippen LogP contribution in [0, 0.1) is 6.07 Å². The first kappa shape index (κ1) is 9.40. The third-order valence-electron chi connectivity index (χ3n) is 1.58. The fraction of sp³-hybridized carbons (Fsp3) is 0.400. The first-order chi connectivity index (χ1) is 5.86. The van der Waals surface area contributed by atoms with E-state index < -0.39 is 0 Å². The van der Waals surface area contributed by atoms with Gasteiger partial charge < -0.3 is 4.74 Å². The average molecular weight is 184 g/mol. The lowest BCUT2D eigenvalue weighted by Crippen LogP contribution is -1.98. The van der Waals surface area contributed by atoms with Crippen LogP contribution in [0.5, 0.6) is 5.75 Å². The minimum absolute atomic E-state index is 0.524. The van der Waals surface area contributed by atoms with Crippen molar-refractivity contribution in [3.8, 4) is 5.75 Å². The fourth-order valence-electron chi connectivity index (χ4n) is 0.941. The lowest BCUT2D eigenvalue weighted by Gasteiger charge is -2.04. The number of hydrogen-bond donors (Lipinski definition) is 0. The van der Waals surface area contributed by atoms with Crippen molar-refractivity contribution in [1.82, 2.24) is 0 Å². The molecule has 1 radical (unpaired) electrons. The summed E-state index contributed by atoms with van der Waals surface area (Å²) in [6.07, 6.45) is 1.01. The van der Waals surface area contributed by atoms with Gasteiger partial charge in [-0.25, -0.2) is 0 Å². The van der Waals surface area contributed by atoms with E-state index in [1.54, 1.807) is 0 Å². The van der Waals surface area contributed by atoms with Crippen LogP contribution in [0.3, 0.4) is 0 Å². The van der Waals surface area contributed by atoms with E-state index in [4.69, 9.17) is 16.3 Å². The Balaban J connectivity index is 2.60. The summed E-state index contributed by atoms with van der Waals surface area (Å²) in [5, 5.41) is 0. The van der Waals surface area contributed by atoms with Gasteiger partial charge in [-0.1, -0.05) is 13.0 Å². The van der Waals surface area contributed by atoms with Gasteiger partial charge >= 0.3 is 0 Å². The van der Waals surface area contributed by atoms with Crippen LogP contribution >= 0.6 is 11.6 Å². The van der Waals surface area contributed by atoms with E-state index in [0.29, 0.717) is 12.5 Å². The van der Waals surface area contributed by atoms with Gasteiger partial charge in [-0.3, -0.25) is 0 Å². The summed E-state index contributed by atoms with van der Waals surface area (Å²) in [7, 11) is 0. The van der Waals surface area contributed by atoms with Gasteiger partial charge in [0.2, 0.25) is 0 Å². The number of halogens is 1. The van der Waals surface area contributed by atoms with Crippen LogP contribution < -0.4 is 4.74 Å². The molecule has 0 aromatic heterocycles. The molecule has 0 aliphatic heterocycles. The first-order valence-corrected chi connectivity index (χ1v) is 4.59. The van der Waals surface area contributed by atoms with Crippen molar-refractivity contribution < 1.29 is 4.74 Å². The molecule has 0 saturated carbocycles. The average Bonchev–Trinajstić information content (AvgIpc) is 2.15. The summed E-state index contributed by atoms with van der Waals surface area (Å²) in [5.41, 5.74) is 1.24. The summed E-state index contributed by atoms with van der Waals surface area (Å²) >= 11 is 5.49. The van der Waals surface area contributed by atoms with Crippen LogP contribution in [0.15, 0.2) is 18.2 Å². The van der Waals surface area contributed by atoms with E-state index >= 15 is 0 Å². The Kier molecular flexibility index (Phi) is 3.95. The van der Waals surface area contributed by atoms with Crippen molar-refractivity contribution in [2.75, 3.05) is 12.5 Å². The van der Waals surface area contributed by atoms with E-state index in [1.165, 1.54) is 5.56 Å². The van der Waals surface area contributed by atoms with E-state index in [0.717, 1.165) is 12.2 Å². The van der Waals surface area contributed by atoms with Crippen LogP contribution in [0.1, 0.15) is 12.5 Å². The zero-order valence-electron chi connectivity index (χ0n) is 7.14. The van der Waals surface area contributed by atoms with Crippen molar-refractivity contribution in [1.29, 1.82) is 0 Å². The molecule has 0 amide bonds. The predicted octanol–water partition coefficient (Wildman–Crippen LogP) is 2.67. The minimum Gasteiger partial charge on any atom is -0.492 e. The molecule has 0 spiro atoms. The molecule has 0 heterocycles. The van der Waals surface area contributed by atoms with Crippen LogP contribution in [-0.4, -0.2) is 12.5 Å². The van der Waals surface area contributed by atoms with Crippen molar-refractivity contribution >= 4 is 11.6 Å². The SMILES string of the molecule is CCc1c[c]cc(OCCCl)c1. The van der Waals surface area contributed by atoms with E-state index in [9.17, 15) is 0 Å². The molecule has 12 heavy (non-hydrogen) atoms. The van der Waals surface area contributed by atoms with Crippen LogP contribution in [0.2, 0.25) is 0 Å². The Morgan fingerprint density at radius 2 is 2.33 bits per heavy atom. The maximum atomic E-state index is 5.49. The van der Waals surface area contributed by atoms with Gasteiger partial charge in [0, 0.05) is 0 Å². The highest BCUT2D eigenvalue weighted by Gasteiger charge is 1.94. The molecule has 1 aromatic rings. The zero-order chi connectivity index (χ0) is 8.81. The van der Waals surface area contributed by atoms with Gasteiger partial charge in [0.25, 0.3) is 0 Å². The topological polar surface area (TPSA) is 9.23 Å². The summed E-state index contributed by atoms with van der Waals surface area (Å²) < 4.78 is 5.33. The Morgan fingerprint density at radius 3 is 3.00 bits per heavy atom. The molecule has 0 aliphatic rings. The molecule has 0 atom stereocenters. The number of aryl methyl sites for hydroxylation is 1. The molecule has 2 heteroatoms. The third kappa shape index (κ3) is 2.74. The Hall–Kier alpha value is -0.690. The van der Waals surface area contributed by atoms with E-state index in [-0.39, 0.29) is 0 Å². The molecule has 1 nitrogen and oxygen atoms in total. The van der Waals surface area contributed by atoms with E-state index in [1.807, 2.05) is 18.2 Å². The standard InChI is InChI=1S/C10H12ClO/c1-2-9-4-3-5-10(8-9)12-7-6-11/h4-5,8H,2,6-7H2,1H3. The minimum atomic E-state index is 0.524. The van der Waals surface area contributed by atoms with Crippen molar-refractivity contribution in [3.05, 3.63) is 29.8 Å². The smallest absolute Gasteiger partial charge is 0.120 e. The highest BCUT2D eigenvalue weighted by molar-refractivity contribution is 6.17. The predicted molar refractivity (Wildman–Crippen MR) is 50.9 cm³/mol. The maximum Gasteiger partial charge on any atom is 0.120 e. The zero-order valence-corrected chi connectivity index (χ0v) is 7.90. The number of ether oxygens (including phenoxy) is 1. The van der Waals surface area contributed by atoms with Gasteiger partial charge in [0.1, 0.15) is 12.4 Å². The third-order valence-corrected chi connectivity index (χ3v) is 1.73. The van der Waals surface area contributed by atoms with Crippen molar-refractivity contribution in [3.63, 3.8) is 0 Å². The second kappa shape index (κ2) is 5.04. The number of benzene rings is 1. The molecule has 65 valence electrons. The molecule has 0 bridgehead atoms. The van der Waals surface area contributed by atoms with Gasteiger partial charge in [-0.2, -0.15) is 0 Å². The Bertz CT molecular complexity index is 235. The lowest BCUT2D eigenvalue weighted by atomic mass is 10.2. The van der Waals surface area contributed by atoms with Crippen LogP contribution in [-0.2, 0) is 6.42 Å². The fourth-order valence-corrected chi connectivity index (χ4v) is 1.02. The molecule has 0 unspecified atom stereocenters. The molecular formula is C10H12ClO. The molecule has 0 saturated heterocycles. The lowest BCUT2D eigenvalue weighted by molar-refractivity contribution is 0.342. The largest absolute Gasteiger partial charge is 0.492 e. The summed E-state index contributed by atoms with van der Waals surface area (Å²) in [4.78, 5) is 0. The monoisotopic (exact) mass is 183 g/mol. The summed E-state index contributed by atoms with van der Waals surface area (Å²) in [6.45, 7) is 2.66. The maximum absolute atomic E-state index is 5.49. The Morgan fingerprint density at radius 1 is 1.50 bits per heavy atom. The number of rotatable bonds is 4. The molecule has 1 rings (SSSR count). The summed E-state index contributed by atoms with van der Waals surface area (Å²) in [6, 6.07) is 8.83. The number of alkyl halides is 1. The van der Waals surface area contributed by atoms with Crippen LogP contribution in [0.25, 0.3) is 0 Å². The molecule has 1 aromatic carbocycles. The second-order valence-corrected chi connectivity index (χ2v) is 2.85. The van der Waals surface area contributed by atoms with E-state index in [2.05, 4.69) is 13.0 Å². The van der Waals surface area contributed by atoms with Gasteiger partial charge in [0.05, 0.1) is 5.88 Å². The first-order valence-electron chi connectivity index (χ1n) is 4.05. The molecule has 0 N–H and O–H groups in total. The van der Waals surface area contributed by atoms with Crippen molar-refractivity contribution in [2.24, 2.45) is 0 Å². The summed E-state index contributed by atoms with van der Waals surface area (Å²) in [5.74, 6) is 1.38. The highest BCUT2D eigenvalue weighted by atomic mass is 35.5. The van der Waals surface area contributed by atoms with Gasteiger partial charge in [0.15, 0.2) is 0 Å². The molecule has 0 aliphatic carbocycles. The second-order valence-electron chi connectivity index (χ2n) is 2.47. The molecular weight excluding hydrogens is 172 g/mol. The number of hydrogen-bond acceptors (Lipinski definition) is 1. The Labute approximate surface area is 78.3 Å². The van der Waals surface area contributed by atoms with Crippen molar-refractivity contribution in [2.45, 2.75) is 13.3 Å². The quantitative estimate of drug-likeness (QED) is 0.653.